The van der Waals surface area contributed by atoms with Crippen LogP contribution in [0, 0.1) is 6.92 Å². The summed E-state index contributed by atoms with van der Waals surface area (Å²) in [6.45, 7) is 4.37. The third-order valence-electron chi connectivity index (χ3n) is 1.76. The van der Waals surface area contributed by atoms with E-state index in [9.17, 15) is 0 Å². The van der Waals surface area contributed by atoms with Gasteiger partial charge in [-0.05, 0) is 19.9 Å². The lowest BCUT2D eigenvalue weighted by Gasteiger charge is -2.07. The lowest BCUT2D eigenvalue weighted by molar-refractivity contribution is 0.177. The van der Waals surface area contributed by atoms with E-state index in [2.05, 4.69) is 9.97 Å². The van der Waals surface area contributed by atoms with Crippen LogP contribution >= 0.6 is 0 Å². The first kappa shape index (κ1) is 11.1. The van der Waals surface area contributed by atoms with Crippen LogP contribution < -0.4 is 5.73 Å². The molecule has 1 heterocycles. The van der Waals surface area contributed by atoms with E-state index < -0.39 is 0 Å². The van der Waals surface area contributed by atoms with Gasteiger partial charge in [0.2, 0.25) is 0 Å². The van der Waals surface area contributed by atoms with Gasteiger partial charge in [-0.3, -0.25) is 0 Å². The summed E-state index contributed by atoms with van der Waals surface area (Å²) >= 11 is 0. The molecule has 14 heavy (non-hydrogen) atoms. The Hall–Kier alpha value is -1.00. The molecule has 1 aromatic rings. The Kier molecular flexibility index (Phi) is 3.98. The molecule has 2 N–H and O–H groups in total. The molecule has 1 atom stereocenters. The van der Waals surface area contributed by atoms with Gasteiger partial charge in [0.05, 0.1) is 0 Å². The van der Waals surface area contributed by atoms with Gasteiger partial charge in [-0.1, -0.05) is 0 Å². The SMILES string of the molecule is COCc1nc(C)cc(CC(C)N)n1. The highest BCUT2D eigenvalue weighted by atomic mass is 16.5. The number of hydrogen-bond acceptors (Lipinski definition) is 4. The standard InChI is InChI=1S/C10H17N3O/c1-7(11)4-9-5-8(2)12-10(13-9)6-14-3/h5,7H,4,6,11H2,1-3H3. The van der Waals surface area contributed by atoms with Crippen molar-refractivity contribution in [3.63, 3.8) is 0 Å². The van der Waals surface area contributed by atoms with Crippen molar-refractivity contribution < 1.29 is 4.74 Å². The quantitative estimate of drug-likeness (QED) is 0.772. The average Bonchev–Trinajstić information content (AvgIpc) is 2.01. The maximum Gasteiger partial charge on any atom is 0.154 e. The minimum Gasteiger partial charge on any atom is -0.377 e. The Morgan fingerprint density at radius 3 is 2.79 bits per heavy atom. The molecule has 0 radical (unpaired) electrons. The van der Waals surface area contributed by atoms with Crippen LogP contribution in [0.4, 0.5) is 0 Å². The second-order valence-corrected chi connectivity index (χ2v) is 3.53. The van der Waals surface area contributed by atoms with E-state index in [-0.39, 0.29) is 6.04 Å². The molecule has 0 aliphatic heterocycles. The minimum atomic E-state index is 0.125. The Morgan fingerprint density at radius 2 is 2.21 bits per heavy atom. The van der Waals surface area contributed by atoms with Crippen LogP contribution in [-0.2, 0) is 17.8 Å². The maximum absolute atomic E-state index is 5.71. The summed E-state index contributed by atoms with van der Waals surface area (Å²) in [7, 11) is 1.64. The Balaban J connectivity index is 2.83. The molecule has 0 saturated heterocycles. The van der Waals surface area contributed by atoms with Gasteiger partial charge in [-0.25, -0.2) is 9.97 Å². The molecule has 1 rings (SSSR count). The van der Waals surface area contributed by atoms with E-state index >= 15 is 0 Å². The Bertz CT molecular complexity index is 299. The van der Waals surface area contributed by atoms with Crippen molar-refractivity contribution in [3.05, 3.63) is 23.3 Å². The second-order valence-electron chi connectivity index (χ2n) is 3.53. The number of aromatic nitrogens is 2. The molecule has 0 aliphatic carbocycles. The summed E-state index contributed by atoms with van der Waals surface area (Å²) < 4.78 is 4.99. The summed E-state index contributed by atoms with van der Waals surface area (Å²) in [6.07, 6.45) is 0.778. The summed E-state index contributed by atoms with van der Waals surface area (Å²) in [5, 5.41) is 0. The van der Waals surface area contributed by atoms with Gasteiger partial charge in [0, 0.05) is 31.0 Å². The minimum absolute atomic E-state index is 0.125. The number of nitrogens with zero attached hydrogens (tertiary/aromatic N) is 2. The Morgan fingerprint density at radius 1 is 1.50 bits per heavy atom. The van der Waals surface area contributed by atoms with Gasteiger partial charge in [0.25, 0.3) is 0 Å². The van der Waals surface area contributed by atoms with Crippen LogP contribution in [0.2, 0.25) is 0 Å². The normalized spacial score (nSPS) is 12.9. The number of nitrogens with two attached hydrogens (primary N) is 1. The molecule has 0 bridgehead atoms. The predicted octanol–water partition coefficient (Wildman–Crippen LogP) is 0.821. The van der Waals surface area contributed by atoms with Gasteiger partial charge in [-0.15, -0.1) is 0 Å². The molecule has 1 aromatic heterocycles. The third-order valence-corrected chi connectivity index (χ3v) is 1.76. The molecule has 4 nitrogen and oxygen atoms in total. The van der Waals surface area contributed by atoms with Gasteiger partial charge in [0.15, 0.2) is 5.82 Å². The van der Waals surface area contributed by atoms with Crippen molar-refractivity contribution in [1.29, 1.82) is 0 Å². The smallest absolute Gasteiger partial charge is 0.154 e. The van der Waals surface area contributed by atoms with Gasteiger partial charge >= 0.3 is 0 Å². The molecule has 78 valence electrons. The van der Waals surface area contributed by atoms with Crippen molar-refractivity contribution in [2.24, 2.45) is 5.73 Å². The molecule has 0 aliphatic rings. The maximum atomic E-state index is 5.71. The molecule has 0 aromatic carbocycles. The van der Waals surface area contributed by atoms with E-state index in [1.165, 1.54) is 0 Å². The van der Waals surface area contributed by atoms with Gasteiger partial charge < -0.3 is 10.5 Å². The highest BCUT2D eigenvalue weighted by Crippen LogP contribution is 2.03. The lowest BCUT2D eigenvalue weighted by atomic mass is 10.2. The first-order chi connectivity index (χ1) is 6.61. The first-order valence-electron chi connectivity index (χ1n) is 4.69. The van der Waals surface area contributed by atoms with Crippen molar-refractivity contribution >= 4 is 0 Å². The molecule has 0 spiro atoms. The zero-order chi connectivity index (χ0) is 10.6. The van der Waals surface area contributed by atoms with Crippen molar-refractivity contribution in [2.45, 2.75) is 32.9 Å². The fourth-order valence-electron chi connectivity index (χ4n) is 1.33. The fourth-order valence-corrected chi connectivity index (χ4v) is 1.33. The number of aryl methyl sites for hydroxylation is 1. The van der Waals surface area contributed by atoms with Crippen LogP contribution in [0.25, 0.3) is 0 Å². The lowest BCUT2D eigenvalue weighted by Crippen LogP contribution is -2.19. The average molecular weight is 195 g/mol. The van der Waals surface area contributed by atoms with E-state index in [1.54, 1.807) is 7.11 Å². The molecule has 0 fully saturated rings. The second kappa shape index (κ2) is 5.02. The van der Waals surface area contributed by atoms with Crippen molar-refractivity contribution in [2.75, 3.05) is 7.11 Å². The molecular weight excluding hydrogens is 178 g/mol. The van der Waals surface area contributed by atoms with Crippen LogP contribution in [0.15, 0.2) is 6.07 Å². The summed E-state index contributed by atoms with van der Waals surface area (Å²) in [5.41, 5.74) is 7.65. The number of hydrogen-bond donors (Lipinski definition) is 1. The topological polar surface area (TPSA) is 61.0 Å². The van der Waals surface area contributed by atoms with E-state index in [0.29, 0.717) is 6.61 Å². The number of methoxy groups -OCH3 is 1. The monoisotopic (exact) mass is 195 g/mol. The number of rotatable bonds is 4. The molecule has 0 amide bonds. The zero-order valence-electron chi connectivity index (χ0n) is 8.95. The molecule has 0 saturated carbocycles. The summed E-state index contributed by atoms with van der Waals surface area (Å²) in [5.74, 6) is 0.725. The van der Waals surface area contributed by atoms with Gasteiger partial charge in [0.1, 0.15) is 6.61 Å². The summed E-state index contributed by atoms with van der Waals surface area (Å²) in [6, 6.07) is 2.09. The highest BCUT2D eigenvalue weighted by Gasteiger charge is 2.04. The van der Waals surface area contributed by atoms with E-state index in [1.807, 2.05) is 19.9 Å². The van der Waals surface area contributed by atoms with Crippen LogP contribution in [0.5, 0.6) is 0 Å². The highest BCUT2D eigenvalue weighted by molar-refractivity contribution is 5.10. The first-order valence-corrected chi connectivity index (χ1v) is 4.69. The van der Waals surface area contributed by atoms with E-state index in [4.69, 9.17) is 10.5 Å². The van der Waals surface area contributed by atoms with Crippen LogP contribution in [-0.4, -0.2) is 23.1 Å². The zero-order valence-corrected chi connectivity index (χ0v) is 8.95. The van der Waals surface area contributed by atoms with Gasteiger partial charge in [-0.2, -0.15) is 0 Å². The largest absolute Gasteiger partial charge is 0.377 e. The molecule has 4 heteroatoms. The third kappa shape index (κ3) is 3.40. The fraction of sp³-hybridized carbons (Fsp3) is 0.600. The van der Waals surface area contributed by atoms with Crippen LogP contribution in [0.3, 0.4) is 0 Å². The Labute approximate surface area is 84.5 Å². The van der Waals surface area contributed by atoms with Crippen molar-refractivity contribution in [1.82, 2.24) is 9.97 Å². The predicted molar refractivity (Wildman–Crippen MR) is 54.8 cm³/mol. The molecular formula is C10H17N3O. The van der Waals surface area contributed by atoms with Crippen LogP contribution in [0.1, 0.15) is 24.1 Å². The van der Waals surface area contributed by atoms with E-state index in [0.717, 1.165) is 23.6 Å². The van der Waals surface area contributed by atoms with Crippen molar-refractivity contribution in [3.8, 4) is 0 Å². The number of ether oxygens (including phenoxy) is 1. The molecule has 1 unspecified atom stereocenters. The summed E-state index contributed by atoms with van der Waals surface area (Å²) in [4.78, 5) is 8.60.